The highest BCUT2D eigenvalue weighted by Gasteiger charge is 2.31. The SMILES string of the molecule is Cc1ccc(C2(C)CC(=O)CCN2)cc1. The van der Waals surface area contributed by atoms with Gasteiger partial charge in [-0.2, -0.15) is 0 Å². The molecule has 0 spiro atoms. The lowest BCUT2D eigenvalue weighted by Gasteiger charge is -2.34. The number of piperidine rings is 1. The maximum absolute atomic E-state index is 11.5. The zero-order valence-corrected chi connectivity index (χ0v) is 9.34. The average Bonchev–Trinajstić information content (AvgIpc) is 2.18. The molecule has 1 unspecified atom stereocenters. The van der Waals surface area contributed by atoms with Crippen LogP contribution in [-0.2, 0) is 10.3 Å². The number of benzene rings is 1. The van der Waals surface area contributed by atoms with Gasteiger partial charge in [0.2, 0.25) is 0 Å². The van der Waals surface area contributed by atoms with Crippen molar-refractivity contribution in [2.45, 2.75) is 32.2 Å². The molecule has 0 aliphatic carbocycles. The van der Waals surface area contributed by atoms with Crippen molar-refractivity contribution in [3.8, 4) is 0 Å². The van der Waals surface area contributed by atoms with Gasteiger partial charge >= 0.3 is 0 Å². The summed E-state index contributed by atoms with van der Waals surface area (Å²) in [5.74, 6) is 0.358. The minimum absolute atomic E-state index is 0.164. The lowest BCUT2D eigenvalue weighted by Crippen LogP contribution is -2.46. The van der Waals surface area contributed by atoms with E-state index in [1.54, 1.807) is 0 Å². The second-order valence-electron chi connectivity index (χ2n) is 4.59. The topological polar surface area (TPSA) is 29.1 Å². The third kappa shape index (κ3) is 2.10. The largest absolute Gasteiger partial charge is 0.307 e. The van der Waals surface area contributed by atoms with Crippen molar-refractivity contribution in [1.82, 2.24) is 5.32 Å². The number of carbonyl (C=O) groups is 1. The normalized spacial score (nSPS) is 26.7. The first-order valence-electron chi connectivity index (χ1n) is 5.44. The summed E-state index contributed by atoms with van der Waals surface area (Å²) in [5.41, 5.74) is 2.30. The van der Waals surface area contributed by atoms with Crippen LogP contribution in [0.15, 0.2) is 24.3 Å². The van der Waals surface area contributed by atoms with Gasteiger partial charge in [-0.3, -0.25) is 4.79 Å². The molecule has 1 saturated heterocycles. The number of carbonyl (C=O) groups excluding carboxylic acids is 1. The number of aryl methyl sites for hydroxylation is 1. The highest BCUT2D eigenvalue weighted by atomic mass is 16.1. The Morgan fingerprint density at radius 1 is 1.27 bits per heavy atom. The number of ketones is 1. The third-order valence-corrected chi connectivity index (χ3v) is 3.16. The smallest absolute Gasteiger partial charge is 0.136 e. The summed E-state index contributed by atoms with van der Waals surface area (Å²) in [5, 5.41) is 3.44. The van der Waals surface area contributed by atoms with Crippen molar-refractivity contribution in [1.29, 1.82) is 0 Å². The van der Waals surface area contributed by atoms with Crippen LogP contribution < -0.4 is 5.32 Å². The fourth-order valence-corrected chi connectivity index (χ4v) is 2.15. The van der Waals surface area contributed by atoms with E-state index in [2.05, 4.69) is 43.4 Å². The van der Waals surface area contributed by atoms with Gasteiger partial charge in [0.25, 0.3) is 0 Å². The van der Waals surface area contributed by atoms with Gasteiger partial charge in [0.15, 0.2) is 0 Å². The number of hydrogen-bond acceptors (Lipinski definition) is 2. The summed E-state index contributed by atoms with van der Waals surface area (Å²) in [6.45, 7) is 4.98. The molecule has 2 rings (SSSR count). The first-order valence-corrected chi connectivity index (χ1v) is 5.44. The van der Waals surface area contributed by atoms with Crippen molar-refractivity contribution in [2.75, 3.05) is 6.54 Å². The van der Waals surface area contributed by atoms with Crippen molar-refractivity contribution in [3.05, 3.63) is 35.4 Å². The molecule has 15 heavy (non-hydrogen) atoms. The van der Waals surface area contributed by atoms with Crippen LogP contribution in [0.1, 0.15) is 30.9 Å². The van der Waals surface area contributed by atoms with Crippen molar-refractivity contribution < 1.29 is 4.79 Å². The molecule has 2 heteroatoms. The molecular formula is C13H17NO. The Hall–Kier alpha value is -1.15. The molecule has 1 N–H and O–H groups in total. The summed E-state index contributed by atoms with van der Waals surface area (Å²) in [6.07, 6.45) is 1.28. The van der Waals surface area contributed by atoms with Gasteiger partial charge in [-0.05, 0) is 19.4 Å². The van der Waals surface area contributed by atoms with Crippen molar-refractivity contribution in [3.63, 3.8) is 0 Å². The average molecular weight is 203 g/mol. The molecule has 80 valence electrons. The van der Waals surface area contributed by atoms with E-state index in [-0.39, 0.29) is 5.54 Å². The van der Waals surface area contributed by atoms with Crippen LogP contribution in [0, 0.1) is 6.92 Å². The lowest BCUT2D eigenvalue weighted by molar-refractivity contribution is -0.122. The fourth-order valence-electron chi connectivity index (χ4n) is 2.15. The molecule has 0 bridgehead atoms. The second kappa shape index (κ2) is 3.78. The predicted octanol–water partition coefficient (Wildman–Crippen LogP) is 2.16. The molecule has 1 aliphatic rings. The van der Waals surface area contributed by atoms with E-state index >= 15 is 0 Å². The maximum atomic E-state index is 11.5. The molecule has 0 amide bonds. The number of hydrogen-bond donors (Lipinski definition) is 1. The Kier molecular flexibility index (Phi) is 2.61. The summed E-state index contributed by atoms with van der Waals surface area (Å²) in [6, 6.07) is 8.42. The minimum atomic E-state index is -0.164. The van der Waals surface area contributed by atoms with Crippen LogP contribution in [0.3, 0.4) is 0 Å². The first kappa shape index (κ1) is 10.4. The van der Waals surface area contributed by atoms with Gasteiger partial charge < -0.3 is 5.32 Å². The zero-order chi connectivity index (χ0) is 10.9. The zero-order valence-electron chi connectivity index (χ0n) is 9.34. The van der Waals surface area contributed by atoms with Crippen LogP contribution in [0.5, 0.6) is 0 Å². The summed E-state index contributed by atoms with van der Waals surface area (Å²) < 4.78 is 0. The first-order chi connectivity index (χ1) is 7.10. The predicted molar refractivity (Wildman–Crippen MR) is 60.8 cm³/mol. The fraction of sp³-hybridized carbons (Fsp3) is 0.462. The van der Waals surface area contributed by atoms with Crippen molar-refractivity contribution in [2.24, 2.45) is 0 Å². The number of Topliss-reactive ketones (excluding diaryl/α,β-unsaturated/α-hetero) is 1. The van der Waals surface area contributed by atoms with E-state index < -0.39 is 0 Å². The van der Waals surface area contributed by atoms with Gasteiger partial charge in [-0.15, -0.1) is 0 Å². The second-order valence-corrected chi connectivity index (χ2v) is 4.59. The van der Waals surface area contributed by atoms with Crippen LogP contribution in [0.25, 0.3) is 0 Å². The molecule has 0 aromatic heterocycles. The van der Waals surface area contributed by atoms with Gasteiger partial charge in [0.05, 0.1) is 0 Å². The molecule has 0 radical (unpaired) electrons. The molecular weight excluding hydrogens is 186 g/mol. The third-order valence-electron chi connectivity index (χ3n) is 3.16. The van der Waals surface area contributed by atoms with Crippen LogP contribution >= 0.6 is 0 Å². The Morgan fingerprint density at radius 2 is 1.93 bits per heavy atom. The molecule has 1 aromatic carbocycles. The summed E-state index contributed by atoms with van der Waals surface area (Å²) in [7, 11) is 0. The summed E-state index contributed by atoms with van der Waals surface area (Å²) >= 11 is 0. The van der Waals surface area contributed by atoms with E-state index in [0.29, 0.717) is 18.6 Å². The van der Waals surface area contributed by atoms with Gasteiger partial charge in [0, 0.05) is 24.9 Å². The lowest BCUT2D eigenvalue weighted by atomic mass is 9.83. The molecule has 1 fully saturated rings. The highest BCUT2D eigenvalue weighted by Crippen LogP contribution is 2.28. The molecule has 2 nitrogen and oxygen atoms in total. The number of nitrogens with one attached hydrogen (secondary N) is 1. The summed E-state index contributed by atoms with van der Waals surface area (Å²) in [4.78, 5) is 11.5. The van der Waals surface area contributed by atoms with Gasteiger partial charge in [0.1, 0.15) is 5.78 Å². The van der Waals surface area contributed by atoms with E-state index in [4.69, 9.17) is 0 Å². The molecule has 1 aliphatic heterocycles. The van der Waals surface area contributed by atoms with E-state index in [1.807, 2.05) is 0 Å². The van der Waals surface area contributed by atoms with E-state index in [0.717, 1.165) is 6.54 Å². The van der Waals surface area contributed by atoms with E-state index in [9.17, 15) is 4.79 Å². The highest BCUT2D eigenvalue weighted by molar-refractivity contribution is 5.81. The molecule has 1 atom stereocenters. The molecule has 1 heterocycles. The monoisotopic (exact) mass is 203 g/mol. The van der Waals surface area contributed by atoms with Gasteiger partial charge in [-0.25, -0.2) is 0 Å². The Balaban J connectivity index is 2.28. The molecule has 1 aromatic rings. The minimum Gasteiger partial charge on any atom is -0.307 e. The van der Waals surface area contributed by atoms with Crippen LogP contribution in [0.2, 0.25) is 0 Å². The van der Waals surface area contributed by atoms with E-state index in [1.165, 1.54) is 11.1 Å². The quantitative estimate of drug-likeness (QED) is 0.757. The molecule has 0 saturated carbocycles. The van der Waals surface area contributed by atoms with Crippen molar-refractivity contribution >= 4 is 5.78 Å². The Bertz CT molecular complexity index is 369. The standard InChI is InChI=1S/C13H17NO/c1-10-3-5-11(6-4-10)13(2)9-12(15)7-8-14-13/h3-6,14H,7-9H2,1-2H3. The maximum Gasteiger partial charge on any atom is 0.136 e. The van der Waals surface area contributed by atoms with Crippen LogP contribution in [0.4, 0.5) is 0 Å². The van der Waals surface area contributed by atoms with Gasteiger partial charge in [-0.1, -0.05) is 29.8 Å². The number of rotatable bonds is 1. The van der Waals surface area contributed by atoms with Crippen LogP contribution in [-0.4, -0.2) is 12.3 Å². The Labute approximate surface area is 90.7 Å². The Morgan fingerprint density at radius 3 is 2.53 bits per heavy atom.